The minimum absolute atomic E-state index is 0.310. The molecule has 1 aromatic rings. The lowest BCUT2D eigenvalue weighted by atomic mass is 9.91. The lowest BCUT2D eigenvalue weighted by Gasteiger charge is -2.27. The standard InChI is InChI=1S/C12H15ClN2O/c1-2-15-12(11(14)16)6-5-8-7-9(13)3-4-10(8)12/h3-4,7,15H,2,5-6H2,1H3,(H2,14,16). The third kappa shape index (κ3) is 1.60. The van der Waals surface area contributed by atoms with E-state index in [0.29, 0.717) is 18.0 Å². The summed E-state index contributed by atoms with van der Waals surface area (Å²) in [5, 5.41) is 3.92. The van der Waals surface area contributed by atoms with Crippen molar-refractivity contribution in [3.8, 4) is 0 Å². The molecular weight excluding hydrogens is 224 g/mol. The van der Waals surface area contributed by atoms with E-state index < -0.39 is 5.54 Å². The summed E-state index contributed by atoms with van der Waals surface area (Å²) in [5.41, 5.74) is 6.93. The smallest absolute Gasteiger partial charge is 0.242 e. The summed E-state index contributed by atoms with van der Waals surface area (Å²) in [4.78, 5) is 11.7. The molecule has 86 valence electrons. The van der Waals surface area contributed by atoms with Crippen molar-refractivity contribution in [1.29, 1.82) is 0 Å². The average molecular weight is 239 g/mol. The largest absolute Gasteiger partial charge is 0.368 e. The lowest BCUT2D eigenvalue weighted by Crippen LogP contribution is -2.51. The Kier molecular flexibility index (Phi) is 2.91. The Morgan fingerprint density at radius 1 is 1.62 bits per heavy atom. The SMILES string of the molecule is CCNC1(C(N)=O)CCc2cc(Cl)ccc21. The van der Waals surface area contributed by atoms with E-state index in [1.807, 2.05) is 19.1 Å². The van der Waals surface area contributed by atoms with Crippen molar-refractivity contribution in [1.82, 2.24) is 5.32 Å². The molecule has 0 saturated carbocycles. The third-order valence-electron chi connectivity index (χ3n) is 3.20. The quantitative estimate of drug-likeness (QED) is 0.840. The third-order valence-corrected chi connectivity index (χ3v) is 3.43. The van der Waals surface area contributed by atoms with Gasteiger partial charge in [0, 0.05) is 5.02 Å². The fourth-order valence-corrected chi connectivity index (χ4v) is 2.67. The van der Waals surface area contributed by atoms with Crippen LogP contribution < -0.4 is 11.1 Å². The van der Waals surface area contributed by atoms with Gasteiger partial charge < -0.3 is 5.73 Å². The van der Waals surface area contributed by atoms with E-state index in [1.54, 1.807) is 6.07 Å². The van der Waals surface area contributed by atoms with Crippen LogP contribution in [-0.2, 0) is 16.8 Å². The highest BCUT2D eigenvalue weighted by atomic mass is 35.5. The number of likely N-dealkylation sites (N-methyl/N-ethyl adjacent to an activating group) is 1. The predicted molar refractivity (Wildman–Crippen MR) is 64.3 cm³/mol. The Hall–Kier alpha value is -1.06. The van der Waals surface area contributed by atoms with Crippen LogP contribution in [0.2, 0.25) is 5.02 Å². The van der Waals surface area contributed by atoms with Gasteiger partial charge in [0.1, 0.15) is 5.54 Å². The molecule has 0 heterocycles. The summed E-state index contributed by atoms with van der Waals surface area (Å²) in [6.07, 6.45) is 1.55. The van der Waals surface area contributed by atoms with E-state index >= 15 is 0 Å². The fraction of sp³-hybridized carbons (Fsp3) is 0.417. The summed E-state index contributed by atoms with van der Waals surface area (Å²) in [5.74, 6) is -0.310. The molecule has 0 aliphatic heterocycles. The molecule has 1 aliphatic carbocycles. The second-order valence-corrected chi connectivity index (χ2v) is 4.54. The van der Waals surface area contributed by atoms with Gasteiger partial charge in [-0.2, -0.15) is 0 Å². The highest BCUT2D eigenvalue weighted by Crippen LogP contribution is 2.37. The molecule has 1 aromatic carbocycles. The molecule has 3 N–H and O–H groups in total. The highest BCUT2D eigenvalue weighted by Gasteiger charge is 2.43. The number of carbonyl (C=O) groups is 1. The molecule has 0 radical (unpaired) electrons. The van der Waals surface area contributed by atoms with Gasteiger partial charge in [0.15, 0.2) is 0 Å². The number of amides is 1. The molecule has 1 unspecified atom stereocenters. The van der Waals surface area contributed by atoms with Crippen molar-refractivity contribution >= 4 is 17.5 Å². The predicted octanol–water partition coefficient (Wildman–Crippen LogP) is 1.58. The first kappa shape index (κ1) is 11.4. The number of nitrogens with two attached hydrogens (primary N) is 1. The Bertz CT molecular complexity index is 433. The van der Waals surface area contributed by atoms with Gasteiger partial charge in [0.2, 0.25) is 5.91 Å². The Balaban J connectivity index is 2.50. The molecule has 0 bridgehead atoms. The number of benzene rings is 1. The molecule has 0 spiro atoms. The number of carbonyl (C=O) groups excluding carboxylic acids is 1. The summed E-state index contributed by atoms with van der Waals surface area (Å²) in [7, 11) is 0. The lowest BCUT2D eigenvalue weighted by molar-refractivity contribution is -0.124. The van der Waals surface area contributed by atoms with Crippen molar-refractivity contribution in [3.05, 3.63) is 34.3 Å². The minimum atomic E-state index is -0.700. The number of rotatable bonds is 3. The van der Waals surface area contributed by atoms with Crippen LogP contribution >= 0.6 is 11.6 Å². The number of primary amides is 1. The second kappa shape index (κ2) is 4.07. The molecule has 1 atom stereocenters. The molecule has 0 aromatic heterocycles. The van der Waals surface area contributed by atoms with Crippen LogP contribution in [0.1, 0.15) is 24.5 Å². The molecule has 16 heavy (non-hydrogen) atoms. The number of hydrogen-bond donors (Lipinski definition) is 2. The first-order valence-electron chi connectivity index (χ1n) is 5.44. The summed E-state index contributed by atoms with van der Waals surface area (Å²) >= 11 is 5.94. The van der Waals surface area contributed by atoms with Gasteiger partial charge in [-0.25, -0.2) is 0 Å². The molecular formula is C12H15ClN2O. The molecule has 0 saturated heterocycles. The van der Waals surface area contributed by atoms with Gasteiger partial charge in [0.05, 0.1) is 0 Å². The number of hydrogen-bond acceptors (Lipinski definition) is 2. The number of nitrogens with one attached hydrogen (secondary N) is 1. The van der Waals surface area contributed by atoms with Gasteiger partial charge in [-0.1, -0.05) is 24.6 Å². The first-order chi connectivity index (χ1) is 7.60. The Labute approximate surface area is 100.0 Å². The zero-order valence-electron chi connectivity index (χ0n) is 9.22. The molecule has 2 rings (SSSR count). The van der Waals surface area contributed by atoms with E-state index in [9.17, 15) is 4.79 Å². The minimum Gasteiger partial charge on any atom is -0.368 e. The maximum atomic E-state index is 11.7. The van der Waals surface area contributed by atoms with Crippen LogP contribution in [0.4, 0.5) is 0 Å². The van der Waals surface area contributed by atoms with E-state index in [2.05, 4.69) is 5.32 Å². The van der Waals surface area contributed by atoms with Gasteiger partial charge in [-0.3, -0.25) is 10.1 Å². The number of aryl methyl sites for hydroxylation is 1. The maximum Gasteiger partial charge on any atom is 0.242 e. The topological polar surface area (TPSA) is 55.1 Å². The molecule has 1 amide bonds. The van der Waals surface area contributed by atoms with Crippen molar-refractivity contribution < 1.29 is 4.79 Å². The summed E-state index contributed by atoms with van der Waals surface area (Å²) < 4.78 is 0. The van der Waals surface area contributed by atoms with Gasteiger partial charge >= 0.3 is 0 Å². The number of fused-ring (bicyclic) bond motifs is 1. The Morgan fingerprint density at radius 2 is 2.38 bits per heavy atom. The van der Waals surface area contributed by atoms with E-state index in [0.717, 1.165) is 17.5 Å². The average Bonchev–Trinajstić information content (AvgIpc) is 2.58. The summed E-state index contributed by atoms with van der Waals surface area (Å²) in [6, 6.07) is 5.62. The highest BCUT2D eigenvalue weighted by molar-refractivity contribution is 6.30. The Morgan fingerprint density at radius 3 is 3.00 bits per heavy atom. The number of halogens is 1. The van der Waals surface area contributed by atoms with E-state index in [1.165, 1.54) is 0 Å². The first-order valence-corrected chi connectivity index (χ1v) is 5.82. The van der Waals surface area contributed by atoms with Crippen LogP contribution in [0.3, 0.4) is 0 Å². The maximum absolute atomic E-state index is 11.7. The molecule has 1 aliphatic rings. The zero-order valence-corrected chi connectivity index (χ0v) is 9.97. The zero-order chi connectivity index (χ0) is 11.8. The van der Waals surface area contributed by atoms with Crippen molar-refractivity contribution in [2.24, 2.45) is 5.73 Å². The van der Waals surface area contributed by atoms with Crippen LogP contribution in [-0.4, -0.2) is 12.5 Å². The molecule has 3 nitrogen and oxygen atoms in total. The van der Waals surface area contributed by atoms with Crippen molar-refractivity contribution in [2.75, 3.05) is 6.54 Å². The van der Waals surface area contributed by atoms with Gasteiger partial charge in [-0.05, 0) is 42.6 Å². The molecule has 0 fully saturated rings. The monoisotopic (exact) mass is 238 g/mol. The van der Waals surface area contributed by atoms with Crippen LogP contribution in [0.5, 0.6) is 0 Å². The van der Waals surface area contributed by atoms with Crippen LogP contribution in [0.15, 0.2) is 18.2 Å². The van der Waals surface area contributed by atoms with E-state index in [-0.39, 0.29) is 5.91 Å². The van der Waals surface area contributed by atoms with Crippen molar-refractivity contribution in [2.45, 2.75) is 25.3 Å². The summed E-state index contributed by atoms with van der Waals surface area (Å²) in [6.45, 7) is 2.68. The van der Waals surface area contributed by atoms with Crippen LogP contribution in [0.25, 0.3) is 0 Å². The fourth-order valence-electron chi connectivity index (χ4n) is 2.47. The van der Waals surface area contributed by atoms with Crippen LogP contribution in [0, 0.1) is 0 Å². The van der Waals surface area contributed by atoms with Crippen molar-refractivity contribution in [3.63, 3.8) is 0 Å². The van der Waals surface area contributed by atoms with Gasteiger partial charge in [0.25, 0.3) is 0 Å². The van der Waals surface area contributed by atoms with E-state index in [4.69, 9.17) is 17.3 Å². The second-order valence-electron chi connectivity index (χ2n) is 4.10. The van der Waals surface area contributed by atoms with Gasteiger partial charge in [-0.15, -0.1) is 0 Å². The molecule has 4 heteroatoms. The normalized spacial score (nSPS) is 23.1.